The molecule has 1 aliphatic heterocycles. The monoisotopic (exact) mass is 262 g/mol. The van der Waals surface area contributed by atoms with Crippen molar-refractivity contribution >= 4 is 11.1 Å². The van der Waals surface area contributed by atoms with Gasteiger partial charge in [-0.25, -0.2) is 4.98 Å². The zero-order chi connectivity index (χ0) is 13.9. The van der Waals surface area contributed by atoms with Gasteiger partial charge in [-0.15, -0.1) is 0 Å². The molecule has 2 aromatic rings. The topological polar surface area (TPSA) is 49.5 Å². The summed E-state index contributed by atoms with van der Waals surface area (Å²) in [6.07, 6.45) is 3.26. The highest BCUT2D eigenvalue weighted by Crippen LogP contribution is 2.32. The molecule has 4 nitrogen and oxygen atoms in total. The summed E-state index contributed by atoms with van der Waals surface area (Å²) >= 11 is 0. The molecule has 3 rings (SSSR count). The van der Waals surface area contributed by atoms with Crippen LogP contribution in [-0.4, -0.2) is 35.1 Å². The van der Waals surface area contributed by atoms with Gasteiger partial charge in [0.2, 0.25) is 0 Å². The number of likely N-dealkylation sites (tertiary alicyclic amines) is 1. The summed E-state index contributed by atoms with van der Waals surface area (Å²) in [5.41, 5.74) is 1.76. The zero-order valence-electron chi connectivity index (χ0n) is 11.9. The summed E-state index contributed by atoms with van der Waals surface area (Å²) in [7, 11) is 2.04. The van der Waals surface area contributed by atoms with Gasteiger partial charge in [-0.1, -0.05) is 19.9 Å². The SMILES string of the molecule is CC.CN1CCCC(O)(c2ccc3ocnc3c2)C1. The van der Waals surface area contributed by atoms with Gasteiger partial charge in [-0.2, -0.15) is 0 Å². The summed E-state index contributed by atoms with van der Waals surface area (Å²) in [6, 6.07) is 5.74. The average Bonchev–Trinajstić information content (AvgIpc) is 2.88. The van der Waals surface area contributed by atoms with Crippen molar-refractivity contribution in [2.75, 3.05) is 20.1 Å². The lowest BCUT2D eigenvalue weighted by atomic mass is 9.86. The van der Waals surface area contributed by atoms with Crippen molar-refractivity contribution in [3.05, 3.63) is 30.2 Å². The number of benzene rings is 1. The second-order valence-electron chi connectivity index (χ2n) is 4.91. The summed E-state index contributed by atoms with van der Waals surface area (Å²) in [5.74, 6) is 0. The number of aromatic nitrogens is 1. The number of β-amino-alcohol motifs (C(OH)–C–C–N with tert-alkyl or cyclic N) is 1. The van der Waals surface area contributed by atoms with E-state index >= 15 is 0 Å². The maximum atomic E-state index is 10.7. The first-order valence-corrected chi connectivity index (χ1v) is 6.92. The van der Waals surface area contributed by atoms with Gasteiger partial charge in [-0.05, 0) is 44.1 Å². The van der Waals surface area contributed by atoms with Gasteiger partial charge in [0, 0.05) is 6.54 Å². The molecule has 19 heavy (non-hydrogen) atoms. The van der Waals surface area contributed by atoms with Gasteiger partial charge in [0.05, 0.1) is 0 Å². The fraction of sp³-hybridized carbons (Fsp3) is 0.533. The van der Waals surface area contributed by atoms with Crippen LogP contribution in [0.5, 0.6) is 0 Å². The molecule has 0 aliphatic carbocycles. The lowest BCUT2D eigenvalue weighted by Gasteiger charge is -2.37. The number of oxazole rings is 1. The minimum atomic E-state index is -0.750. The van der Waals surface area contributed by atoms with Crippen molar-refractivity contribution in [3.8, 4) is 0 Å². The van der Waals surface area contributed by atoms with Gasteiger partial charge < -0.3 is 14.4 Å². The maximum Gasteiger partial charge on any atom is 0.181 e. The van der Waals surface area contributed by atoms with E-state index in [2.05, 4.69) is 9.88 Å². The van der Waals surface area contributed by atoms with Crippen LogP contribution in [0.3, 0.4) is 0 Å². The highest BCUT2D eigenvalue weighted by Gasteiger charge is 2.33. The van der Waals surface area contributed by atoms with Crippen LogP contribution in [0.2, 0.25) is 0 Å². The minimum absolute atomic E-state index is 0.677. The third-order valence-corrected chi connectivity index (χ3v) is 3.53. The Bertz CT molecular complexity index is 538. The van der Waals surface area contributed by atoms with E-state index in [0.717, 1.165) is 36.0 Å². The van der Waals surface area contributed by atoms with E-state index in [1.165, 1.54) is 6.39 Å². The molecule has 1 aromatic heterocycles. The lowest BCUT2D eigenvalue weighted by molar-refractivity contribution is -0.0276. The fourth-order valence-electron chi connectivity index (χ4n) is 2.63. The third-order valence-electron chi connectivity index (χ3n) is 3.53. The van der Waals surface area contributed by atoms with E-state index in [-0.39, 0.29) is 0 Å². The van der Waals surface area contributed by atoms with E-state index in [4.69, 9.17) is 4.42 Å². The molecule has 2 heterocycles. The molecule has 0 amide bonds. The number of nitrogens with zero attached hydrogens (tertiary/aromatic N) is 2. The molecule has 0 bridgehead atoms. The Kier molecular flexibility index (Phi) is 4.22. The summed E-state index contributed by atoms with van der Waals surface area (Å²) in [5, 5.41) is 10.7. The van der Waals surface area contributed by atoms with Crippen LogP contribution >= 0.6 is 0 Å². The smallest absolute Gasteiger partial charge is 0.181 e. The highest BCUT2D eigenvalue weighted by molar-refractivity contribution is 5.73. The molecule has 1 aliphatic rings. The number of fused-ring (bicyclic) bond motifs is 1. The predicted molar refractivity (Wildman–Crippen MR) is 76.0 cm³/mol. The van der Waals surface area contributed by atoms with Crippen LogP contribution < -0.4 is 0 Å². The molecule has 1 N–H and O–H groups in total. The van der Waals surface area contributed by atoms with Gasteiger partial charge in [-0.3, -0.25) is 0 Å². The molecule has 1 fully saturated rings. The van der Waals surface area contributed by atoms with Crippen molar-refractivity contribution in [2.45, 2.75) is 32.3 Å². The van der Waals surface area contributed by atoms with Crippen molar-refractivity contribution in [3.63, 3.8) is 0 Å². The summed E-state index contributed by atoms with van der Waals surface area (Å²) < 4.78 is 5.21. The quantitative estimate of drug-likeness (QED) is 0.858. The Morgan fingerprint density at radius 3 is 2.89 bits per heavy atom. The van der Waals surface area contributed by atoms with Gasteiger partial charge in [0.1, 0.15) is 11.1 Å². The summed E-state index contributed by atoms with van der Waals surface area (Å²) in [6.45, 7) is 5.73. The molecular formula is C15H22N2O2. The van der Waals surface area contributed by atoms with Crippen LogP contribution in [-0.2, 0) is 5.60 Å². The van der Waals surface area contributed by atoms with Gasteiger partial charge in [0.15, 0.2) is 12.0 Å². The number of hydrogen-bond donors (Lipinski definition) is 1. The lowest BCUT2D eigenvalue weighted by Crippen LogP contribution is -2.44. The number of aliphatic hydroxyl groups is 1. The van der Waals surface area contributed by atoms with E-state index in [1.54, 1.807) is 0 Å². The van der Waals surface area contributed by atoms with Gasteiger partial charge in [0.25, 0.3) is 0 Å². The Balaban J connectivity index is 0.000000637. The van der Waals surface area contributed by atoms with Crippen LogP contribution in [0.1, 0.15) is 32.3 Å². The minimum Gasteiger partial charge on any atom is -0.443 e. The Morgan fingerprint density at radius 1 is 1.37 bits per heavy atom. The molecule has 0 saturated carbocycles. The van der Waals surface area contributed by atoms with Crippen LogP contribution in [0.15, 0.2) is 29.0 Å². The standard InChI is InChI=1S/C13H16N2O2.C2H6/c1-15-6-2-5-13(16,8-15)10-3-4-12-11(7-10)14-9-17-12;1-2/h3-4,7,9,16H,2,5-6,8H2,1H3;1-2H3. The molecule has 0 radical (unpaired) electrons. The molecule has 1 unspecified atom stereocenters. The van der Waals surface area contributed by atoms with E-state index in [1.807, 2.05) is 39.1 Å². The van der Waals surface area contributed by atoms with Crippen molar-refractivity contribution in [1.29, 1.82) is 0 Å². The first kappa shape index (κ1) is 14.0. The molecule has 4 heteroatoms. The number of hydrogen-bond acceptors (Lipinski definition) is 4. The molecule has 1 atom stereocenters. The maximum absolute atomic E-state index is 10.7. The summed E-state index contributed by atoms with van der Waals surface area (Å²) in [4.78, 5) is 6.30. The average molecular weight is 262 g/mol. The van der Waals surface area contributed by atoms with Gasteiger partial charge >= 0.3 is 0 Å². The largest absolute Gasteiger partial charge is 0.443 e. The molecule has 104 valence electrons. The molecule has 1 aromatic carbocycles. The van der Waals surface area contributed by atoms with Crippen molar-refractivity contribution in [2.24, 2.45) is 0 Å². The molecular weight excluding hydrogens is 240 g/mol. The highest BCUT2D eigenvalue weighted by atomic mass is 16.3. The second kappa shape index (κ2) is 5.72. The number of likely N-dealkylation sites (N-methyl/N-ethyl adjacent to an activating group) is 1. The predicted octanol–water partition coefficient (Wildman–Crippen LogP) is 2.77. The molecule has 0 spiro atoms. The number of piperidine rings is 1. The normalized spacial score (nSPS) is 24.0. The van der Waals surface area contributed by atoms with Crippen molar-refractivity contribution < 1.29 is 9.52 Å². The third kappa shape index (κ3) is 2.80. The Labute approximate surface area is 114 Å². The first-order valence-electron chi connectivity index (χ1n) is 6.92. The van der Waals surface area contributed by atoms with Crippen LogP contribution in [0.25, 0.3) is 11.1 Å². The van der Waals surface area contributed by atoms with E-state index in [9.17, 15) is 5.11 Å². The van der Waals surface area contributed by atoms with Crippen molar-refractivity contribution in [1.82, 2.24) is 9.88 Å². The van der Waals surface area contributed by atoms with Crippen LogP contribution in [0.4, 0.5) is 0 Å². The molecule has 1 saturated heterocycles. The van der Waals surface area contributed by atoms with Crippen LogP contribution in [0, 0.1) is 0 Å². The first-order chi connectivity index (χ1) is 9.17. The Hall–Kier alpha value is -1.39. The number of rotatable bonds is 1. The van der Waals surface area contributed by atoms with E-state index < -0.39 is 5.60 Å². The zero-order valence-corrected chi connectivity index (χ0v) is 11.9. The fourth-order valence-corrected chi connectivity index (χ4v) is 2.63. The van der Waals surface area contributed by atoms with E-state index in [0.29, 0.717) is 6.54 Å². The Morgan fingerprint density at radius 2 is 2.16 bits per heavy atom. The second-order valence-corrected chi connectivity index (χ2v) is 4.91.